The molecule has 4 heterocycles. The summed E-state index contributed by atoms with van der Waals surface area (Å²) < 4.78 is 59.0. The number of rotatable bonds is 28. The Labute approximate surface area is 414 Å². The van der Waals surface area contributed by atoms with E-state index in [-0.39, 0.29) is 6.42 Å². The van der Waals surface area contributed by atoms with E-state index in [1.54, 1.807) is 13.8 Å². The van der Waals surface area contributed by atoms with E-state index in [9.17, 15) is 65.4 Å². The molecule has 4 saturated heterocycles. The zero-order valence-electron chi connectivity index (χ0n) is 41.6. The van der Waals surface area contributed by atoms with Crippen molar-refractivity contribution in [2.24, 2.45) is 5.92 Å². The summed E-state index contributed by atoms with van der Waals surface area (Å²) in [7, 11) is 0. The van der Waals surface area contributed by atoms with Crippen molar-refractivity contribution in [1.29, 1.82) is 0 Å². The molecule has 0 aromatic carbocycles. The maximum Gasteiger partial charge on any atom is 0.309 e. The highest BCUT2D eigenvalue weighted by Crippen LogP contribution is 2.36. The molecule has 4 fully saturated rings. The molecule has 24 nitrogen and oxygen atoms in total. The summed E-state index contributed by atoms with van der Waals surface area (Å²) in [6.07, 6.45) is -25.9. The molecule has 11 N–H and O–H groups in total. The monoisotopic (exact) mass is 1030 g/mol. The topological polar surface area (TPSA) is 366 Å². The molecule has 4 aliphatic heterocycles. The normalized spacial score (nSPS) is 39.0. The van der Waals surface area contributed by atoms with Gasteiger partial charge in [-0.05, 0) is 39.5 Å². The molecular formula is C47H82O24. The Morgan fingerprint density at radius 3 is 1.65 bits per heavy atom. The Bertz CT molecular complexity index is 1580. The number of aliphatic carboxylic acids is 1. The number of carbonyl (C=O) groups is 3. The van der Waals surface area contributed by atoms with Crippen LogP contribution in [0.4, 0.5) is 0 Å². The van der Waals surface area contributed by atoms with Crippen LogP contribution in [0.2, 0.25) is 0 Å². The molecule has 71 heavy (non-hydrogen) atoms. The Kier molecular flexibility index (Phi) is 25.6. The van der Waals surface area contributed by atoms with E-state index in [0.717, 1.165) is 39.0 Å². The Hall–Kier alpha value is -2.31. The molecule has 23 atom stereocenters. The maximum atomic E-state index is 12.6. The SMILES string of the molecule is CCCC[C@@H](CCCCCCCC[C@@H](O)CC(=O)O)O[C@@H]1O[C@H](CO[C@@H]2O[C@@H](C)[C@H](OC(C)=O)[C@@H](O)[C@H]2O)[C@@H](O)[C@H](O)[C@H]1O[C@@H]1O[C@H](CO)[C@@H](O)[C@H](O)[C@H]1O[C@@H]1O[C@@H](C)[C@H](OC(=O)[C@H](C)CC)[C@@H](O)[C@H]1O. The van der Waals surface area contributed by atoms with Crippen molar-refractivity contribution < 1.29 is 118 Å². The van der Waals surface area contributed by atoms with Crippen LogP contribution >= 0.6 is 0 Å². The lowest BCUT2D eigenvalue weighted by Crippen LogP contribution is -2.67. The second kappa shape index (κ2) is 29.7. The molecule has 4 rings (SSSR count). The smallest absolute Gasteiger partial charge is 0.309 e. The molecule has 414 valence electrons. The van der Waals surface area contributed by atoms with Crippen LogP contribution in [-0.2, 0) is 61.8 Å². The highest BCUT2D eigenvalue weighted by Gasteiger charge is 2.55. The first-order chi connectivity index (χ1) is 33.6. The number of carboxylic acid groups (broad SMARTS) is 1. The van der Waals surface area contributed by atoms with Crippen LogP contribution in [0.3, 0.4) is 0 Å². The minimum absolute atomic E-state index is 0.305. The lowest BCUT2D eigenvalue weighted by atomic mass is 9.96. The first kappa shape index (κ1) is 61.2. The third kappa shape index (κ3) is 17.4. The molecule has 0 saturated carbocycles. The Morgan fingerprint density at radius 1 is 0.577 bits per heavy atom. The number of unbranched alkanes of at least 4 members (excludes halogenated alkanes) is 6. The lowest BCUT2D eigenvalue weighted by molar-refractivity contribution is -0.396. The molecule has 0 spiro atoms. The van der Waals surface area contributed by atoms with Crippen LogP contribution in [0.25, 0.3) is 0 Å². The van der Waals surface area contributed by atoms with Crippen LogP contribution in [0.1, 0.15) is 125 Å². The molecular weight excluding hydrogens is 948 g/mol. The van der Waals surface area contributed by atoms with Crippen LogP contribution in [0.15, 0.2) is 0 Å². The van der Waals surface area contributed by atoms with Gasteiger partial charge < -0.3 is 104 Å². The van der Waals surface area contributed by atoms with E-state index in [4.69, 9.17) is 52.5 Å². The van der Waals surface area contributed by atoms with Gasteiger partial charge in [-0.25, -0.2) is 0 Å². The van der Waals surface area contributed by atoms with Gasteiger partial charge in [0, 0.05) is 6.92 Å². The van der Waals surface area contributed by atoms with Crippen LogP contribution in [-0.4, -0.2) is 222 Å². The van der Waals surface area contributed by atoms with E-state index in [1.807, 2.05) is 6.92 Å². The van der Waals surface area contributed by atoms with E-state index in [0.29, 0.717) is 44.9 Å². The second-order valence-electron chi connectivity index (χ2n) is 19.3. The average Bonchev–Trinajstić information content (AvgIpc) is 3.32. The van der Waals surface area contributed by atoms with Crippen molar-refractivity contribution in [2.45, 2.75) is 260 Å². The summed E-state index contributed by atoms with van der Waals surface area (Å²) in [4.78, 5) is 35.1. The summed E-state index contributed by atoms with van der Waals surface area (Å²) in [6, 6.07) is 0. The molecule has 0 aliphatic carbocycles. The molecule has 0 aromatic heterocycles. The molecule has 0 unspecified atom stereocenters. The van der Waals surface area contributed by atoms with Gasteiger partial charge in [-0.3, -0.25) is 14.4 Å². The first-order valence-corrected chi connectivity index (χ1v) is 25.2. The second-order valence-corrected chi connectivity index (χ2v) is 19.3. The number of hydrogen-bond acceptors (Lipinski definition) is 23. The highest BCUT2D eigenvalue weighted by atomic mass is 16.8. The van der Waals surface area contributed by atoms with Crippen molar-refractivity contribution in [2.75, 3.05) is 13.2 Å². The van der Waals surface area contributed by atoms with Gasteiger partial charge in [0.1, 0.15) is 73.2 Å². The summed E-state index contributed by atoms with van der Waals surface area (Å²) >= 11 is 0. The fraction of sp³-hybridized carbons (Fsp3) is 0.936. The largest absolute Gasteiger partial charge is 0.481 e. The predicted octanol–water partition coefficient (Wildman–Crippen LogP) is -0.986. The molecule has 0 aromatic rings. The highest BCUT2D eigenvalue weighted by molar-refractivity contribution is 5.72. The average molecular weight is 1030 g/mol. The van der Waals surface area contributed by atoms with Gasteiger partial charge >= 0.3 is 17.9 Å². The van der Waals surface area contributed by atoms with Crippen LogP contribution < -0.4 is 0 Å². The van der Waals surface area contributed by atoms with Gasteiger partial charge in [-0.2, -0.15) is 0 Å². The van der Waals surface area contributed by atoms with Crippen molar-refractivity contribution in [3.63, 3.8) is 0 Å². The maximum absolute atomic E-state index is 12.6. The van der Waals surface area contributed by atoms with Crippen molar-refractivity contribution in [1.82, 2.24) is 0 Å². The van der Waals surface area contributed by atoms with Crippen molar-refractivity contribution >= 4 is 17.9 Å². The van der Waals surface area contributed by atoms with Gasteiger partial charge in [0.25, 0.3) is 0 Å². The van der Waals surface area contributed by atoms with Crippen LogP contribution in [0, 0.1) is 5.92 Å². The molecule has 4 aliphatic rings. The summed E-state index contributed by atoms with van der Waals surface area (Å²) in [5.41, 5.74) is 0. The quantitative estimate of drug-likeness (QED) is 0.0331. The van der Waals surface area contributed by atoms with Crippen molar-refractivity contribution in [3.05, 3.63) is 0 Å². The minimum Gasteiger partial charge on any atom is -0.481 e. The summed E-state index contributed by atoms with van der Waals surface area (Å²) in [5, 5.41) is 119. The van der Waals surface area contributed by atoms with E-state index < -0.39 is 172 Å². The number of hydrogen-bond donors (Lipinski definition) is 11. The fourth-order valence-corrected chi connectivity index (χ4v) is 8.97. The molecule has 0 bridgehead atoms. The first-order valence-electron chi connectivity index (χ1n) is 25.2. The Balaban J connectivity index is 1.56. The summed E-state index contributed by atoms with van der Waals surface area (Å²) in [5.74, 6) is -2.93. The molecule has 0 radical (unpaired) electrons. The van der Waals surface area contributed by atoms with Gasteiger partial charge in [-0.1, -0.05) is 72.1 Å². The predicted molar refractivity (Wildman–Crippen MR) is 241 cm³/mol. The van der Waals surface area contributed by atoms with Gasteiger partial charge in [-0.15, -0.1) is 0 Å². The molecule has 24 heteroatoms. The zero-order valence-corrected chi connectivity index (χ0v) is 41.6. The van der Waals surface area contributed by atoms with Crippen molar-refractivity contribution in [3.8, 4) is 0 Å². The van der Waals surface area contributed by atoms with Gasteiger partial charge in [0.05, 0.1) is 50.0 Å². The summed E-state index contributed by atoms with van der Waals surface area (Å²) in [6.45, 7) is 8.06. The lowest BCUT2D eigenvalue weighted by Gasteiger charge is -2.49. The van der Waals surface area contributed by atoms with E-state index in [1.165, 1.54) is 13.8 Å². The fourth-order valence-electron chi connectivity index (χ4n) is 8.97. The zero-order chi connectivity index (χ0) is 52.7. The van der Waals surface area contributed by atoms with Crippen LogP contribution in [0.5, 0.6) is 0 Å². The number of aliphatic hydroxyl groups excluding tert-OH is 10. The number of carbonyl (C=O) groups excluding carboxylic acids is 2. The minimum atomic E-state index is -1.94. The van der Waals surface area contributed by atoms with Gasteiger partial charge in [0.2, 0.25) is 0 Å². The number of esters is 2. The van der Waals surface area contributed by atoms with E-state index >= 15 is 0 Å². The van der Waals surface area contributed by atoms with E-state index in [2.05, 4.69) is 0 Å². The molecule has 0 amide bonds. The van der Waals surface area contributed by atoms with Gasteiger partial charge in [0.15, 0.2) is 37.4 Å². The number of aliphatic hydroxyl groups is 10. The standard InChI is InChI=1S/C47H82O24/c1-7-9-17-27(18-15-13-11-10-12-14-16-26(50)19-30(51)52)66-46-41(34(56)32(54)29(68-46)21-62-44-37(59)35(57)39(23(4)63-44)65-25(6)49)71-47-42(33(55)31(53)28(20-48)67-47)70-45-38(60)36(58)40(24(5)64-45)69-43(61)22(3)8-2/h22-24,26-29,31-42,44-48,50,53-60H,7-21H2,1-6H3,(H,51,52)/t22-,23+,24+,26-,27+,28-,29-,31-,32-,33+,34+,35+,36+,37-,38-,39+,40+,41-,42-,44-,45+,46-,47+/m1/s1. The third-order valence-corrected chi connectivity index (χ3v) is 13.5. The third-order valence-electron chi connectivity index (χ3n) is 13.5. The number of ether oxygens (including phenoxy) is 10. The Morgan fingerprint density at radius 2 is 1.07 bits per heavy atom. The number of carboxylic acids is 1.